The lowest BCUT2D eigenvalue weighted by Gasteiger charge is -2.11. The lowest BCUT2D eigenvalue weighted by Crippen LogP contribution is -2.14. The van der Waals surface area contributed by atoms with Gasteiger partial charge in [0.15, 0.2) is 0 Å². The van der Waals surface area contributed by atoms with Gasteiger partial charge in [-0.1, -0.05) is 35.3 Å². The summed E-state index contributed by atoms with van der Waals surface area (Å²) >= 11 is 14.1. The number of carbonyl (C=O) groups is 1. The molecule has 0 spiro atoms. The molecule has 3 nitrogen and oxygen atoms in total. The Morgan fingerprint density at radius 2 is 1.74 bits per heavy atom. The highest BCUT2D eigenvalue weighted by molar-refractivity contribution is 14.1. The molecule has 0 saturated carbocycles. The Morgan fingerprint density at radius 3 is 2.32 bits per heavy atom. The third-order valence-corrected chi connectivity index (χ3v) is 3.96. The molecule has 0 bridgehead atoms. The van der Waals surface area contributed by atoms with Gasteiger partial charge in [0, 0.05) is 9.26 Å². The van der Waals surface area contributed by atoms with Gasteiger partial charge in [0.2, 0.25) is 0 Å². The van der Waals surface area contributed by atoms with Crippen molar-refractivity contribution < 1.29 is 4.79 Å². The first kappa shape index (κ1) is 14.4. The fraction of sp³-hybridized carbons (Fsp3) is 0. The number of nitrogens with two attached hydrogens (primary N) is 1. The minimum absolute atomic E-state index is 0.265. The number of carbonyl (C=O) groups excluding carboxylic acids is 1. The highest BCUT2D eigenvalue weighted by atomic mass is 127. The number of benzene rings is 2. The first-order valence-electron chi connectivity index (χ1n) is 5.29. The molecule has 0 aliphatic rings. The Hall–Kier alpha value is -0.980. The smallest absolute Gasteiger partial charge is 0.256 e. The molecule has 2 rings (SSSR count). The summed E-state index contributed by atoms with van der Waals surface area (Å²) in [6.07, 6.45) is 0. The zero-order valence-electron chi connectivity index (χ0n) is 9.58. The van der Waals surface area contributed by atoms with Crippen molar-refractivity contribution >= 4 is 63.1 Å². The van der Waals surface area contributed by atoms with Crippen LogP contribution in [-0.4, -0.2) is 5.91 Å². The van der Waals surface area contributed by atoms with Crippen molar-refractivity contribution in [3.8, 4) is 0 Å². The van der Waals surface area contributed by atoms with Crippen LogP contribution in [0.4, 0.5) is 11.4 Å². The summed E-state index contributed by atoms with van der Waals surface area (Å²) in [6.45, 7) is 0. The molecule has 2 aromatic rings. The van der Waals surface area contributed by atoms with Gasteiger partial charge in [-0.2, -0.15) is 0 Å². The number of rotatable bonds is 2. The van der Waals surface area contributed by atoms with Gasteiger partial charge in [-0.3, -0.25) is 4.79 Å². The zero-order valence-corrected chi connectivity index (χ0v) is 13.3. The van der Waals surface area contributed by atoms with Crippen molar-refractivity contribution in [2.75, 3.05) is 11.1 Å². The minimum atomic E-state index is -0.265. The Balaban J connectivity index is 2.32. The largest absolute Gasteiger partial charge is 0.399 e. The van der Waals surface area contributed by atoms with E-state index in [4.69, 9.17) is 28.9 Å². The highest BCUT2D eigenvalue weighted by Gasteiger charge is 2.14. The highest BCUT2D eigenvalue weighted by Crippen LogP contribution is 2.33. The van der Waals surface area contributed by atoms with Crippen LogP contribution in [0.25, 0.3) is 0 Å². The summed E-state index contributed by atoms with van der Waals surface area (Å²) < 4.78 is 0.847. The lowest BCUT2D eigenvalue weighted by atomic mass is 10.2. The van der Waals surface area contributed by atoms with Crippen molar-refractivity contribution in [1.29, 1.82) is 0 Å². The Labute approximate surface area is 134 Å². The molecule has 1 amide bonds. The molecule has 98 valence electrons. The maximum atomic E-state index is 12.2. The van der Waals surface area contributed by atoms with Crippen LogP contribution in [-0.2, 0) is 0 Å². The molecule has 19 heavy (non-hydrogen) atoms. The first-order chi connectivity index (χ1) is 8.99. The standard InChI is InChI=1S/C13H9Cl2IN2O/c14-9-5-7(17)6-10(15)12(9)18-13(19)8-3-1-2-4-11(8)16/h1-6H,17H2,(H,18,19). The van der Waals surface area contributed by atoms with Gasteiger partial charge in [-0.05, 0) is 46.9 Å². The van der Waals surface area contributed by atoms with E-state index in [2.05, 4.69) is 27.9 Å². The van der Waals surface area contributed by atoms with Crippen molar-refractivity contribution in [3.63, 3.8) is 0 Å². The predicted molar refractivity (Wildman–Crippen MR) is 88.0 cm³/mol. The van der Waals surface area contributed by atoms with Crippen LogP contribution in [0, 0.1) is 3.57 Å². The van der Waals surface area contributed by atoms with Crippen LogP contribution >= 0.6 is 45.8 Å². The number of halogens is 3. The van der Waals surface area contributed by atoms with E-state index >= 15 is 0 Å². The summed E-state index contributed by atoms with van der Waals surface area (Å²) in [4.78, 5) is 12.2. The normalized spacial score (nSPS) is 10.3. The molecule has 0 saturated heterocycles. The average Bonchev–Trinajstić information content (AvgIpc) is 2.34. The molecule has 0 fully saturated rings. The van der Waals surface area contributed by atoms with E-state index in [0.717, 1.165) is 3.57 Å². The van der Waals surface area contributed by atoms with Crippen molar-refractivity contribution in [2.24, 2.45) is 0 Å². The van der Waals surface area contributed by atoms with Gasteiger partial charge >= 0.3 is 0 Å². The molecule has 0 heterocycles. The van der Waals surface area contributed by atoms with Gasteiger partial charge in [0.1, 0.15) is 0 Å². The second-order valence-electron chi connectivity index (χ2n) is 3.79. The van der Waals surface area contributed by atoms with E-state index in [0.29, 0.717) is 27.0 Å². The van der Waals surface area contributed by atoms with E-state index in [1.54, 1.807) is 24.3 Å². The van der Waals surface area contributed by atoms with Crippen LogP contribution < -0.4 is 11.1 Å². The van der Waals surface area contributed by atoms with Gasteiger partial charge < -0.3 is 11.1 Å². The Morgan fingerprint density at radius 1 is 1.16 bits per heavy atom. The zero-order chi connectivity index (χ0) is 14.0. The summed E-state index contributed by atoms with van der Waals surface area (Å²) in [5, 5.41) is 3.32. The second kappa shape index (κ2) is 5.98. The first-order valence-corrected chi connectivity index (χ1v) is 7.13. The van der Waals surface area contributed by atoms with Crippen LogP contribution in [0.2, 0.25) is 10.0 Å². The quantitative estimate of drug-likeness (QED) is 0.572. The van der Waals surface area contributed by atoms with Crippen LogP contribution in [0.1, 0.15) is 10.4 Å². The molecule has 6 heteroatoms. The van der Waals surface area contributed by atoms with Crippen molar-refractivity contribution in [3.05, 3.63) is 55.6 Å². The van der Waals surface area contributed by atoms with Gasteiger partial charge in [-0.15, -0.1) is 0 Å². The van der Waals surface area contributed by atoms with Crippen LogP contribution in [0.5, 0.6) is 0 Å². The molecular formula is C13H9Cl2IN2O. The number of nitrogen functional groups attached to an aromatic ring is 1. The van der Waals surface area contributed by atoms with Gasteiger partial charge in [-0.25, -0.2) is 0 Å². The molecule has 0 unspecified atom stereocenters. The SMILES string of the molecule is Nc1cc(Cl)c(NC(=O)c2ccccc2I)c(Cl)c1. The second-order valence-corrected chi connectivity index (χ2v) is 5.77. The number of anilines is 2. The van der Waals surface area contributed by atoms with Crippen molar-refractivity contribution in [1.82, 2.24) is 0 Å². The molecule has 0 radical (unpaired) electrons. The molecular weight excluding hydrogens is 398 g/mol. The number of hydrogen-bond donors (Lipinski definition) is 2. The molecule has 0 atom stereocenters. The monoisotopic (exact) mass is 406 g/mol. The molecule has 2 aromatic carbocycles. The summed E-state index contributed by atoms with van der Waals surface area (Å²) in [5.41, 5.74) is 6.98. The Bertz CT molecular complexity index is 623. The fourth-order valence-corrected chi connectivity index (χ4v) is 2.77. The topological polar surface area (TPSA) is 55.1 Å². The number of hydrogen-bond acceptors (Lipinski definition) is 2. The van der Waals surface area contributed by atoms with E-state index in [1.807, 2.05) is 12.1 Å². The fourth-order valence-electron chi connectivity index (χ4n) is 1.54. The van der Waals surface area contributed by atoms with Crippen LogP contribution in [0.3, 0.4) is 0 Å². The third-order valence-electron chi connectivity index (χ3n) is 2.42. The van der Waals surface area contributed by atoms with E-state index in [9.17, 15) is 4.79 Å². The predicted octanol–water partition coefficient (Wildman–Crippen LogP) is 4.43. The van der Waals surface area contributed by atoms with Crippen LogP contribution in [0.15, 0.2) is 36.4 Å². The molecule has 0 aromatic heterocycles. The third kappa shape index (κ3) is 3.32. The lowest BCUT2D eigenvalue weighted by molar-refractivity contribution is 0.102. The molecule has 0 aliphatic carbocycles. The van der Waals surface area contributed by atoms with Crippen molar-refractivity contribution in [2.45, 2.75) is 0 Å². The minimum Gasteiger partial charge on any atom is -0.399 e. The number of nitrogens with one attached hydrogen (secondary N) is 1. The summed E-state index contributed by atoms with van der Waals surface area (Å²) in [5.74, 6) is -0.265. The molecule has 0 aliphatic heterocycles. The maximum Gasteiger partial charge on any atom is 0.256 e. The molecule has 3 N–H and O–H groups in total. The summed E-state index contributed by atoms with van der Waals surface area (Å²) in [7, 11) is 0. The summed E-state index contributed by atoms with van der Waals surface area (Å²) in [6, 6.07) is 10.3. The van der Waals surface area contributed by atoms with E-state index in [-0.39, 0.29) is 5.91 Å². The van der Waals surface area contributed by atoms with E-state index in [1.165, 1.54) is 0 Å². The average molecular weight is 407 g/mol. The van der Waals surface area contributed by atoms with Gasteiger partial charge in [0.25, 0.3) is 5.91 Å². The van der Waals surface area contributed by atoms with Gasteiger partial charge in [0.05, 0.1) is 21.3 Å². The number of amides is 1. The van der Waals surface area contributed by atoms with E-state index < -0.39 is 0 Å². The maximum absolute atomic E-state index is 12.2. The Kier molecular flexibility index (Phi) is 4.54.